The molecule has 1 amide bonds. The highest BCUT2D eigenvalue weighted by molar-refractivity contribution is 7.89. The third-order valence-electron chi connectivity index (χ3n) is 4.89. The average molecular weight is 371 g/mol. The second-order valence-corrected chi connectivity index (χ2v) is 8.88. The monoisotopic (exact) mass is 370 g/mol. The van der Waals surface area contributed by atoms with Crippen LogP contribution in [0.2, 0.25) is 5.02 Å². The summed E-state index contributed by atoms with van der Waals surface area (Å²) < 4.78 is 26.3. The summed E-state index contributed by atoms with van der Waals surface area (Å²) in [4.78, 5) is 15.2. The van der Waals surface area contributed by atoms with E-state index >= 15 is 0 Å². The predicted octanol–water partition coefficient (Wildman–Crippen LogP) is 3.19. The summed E-state index contributed by atoms with van der Waals surface area (Å²) in [6.45, 7) is 0. The molecule has 0 bridgehead atoms. The molecule has 1 N–H and O–H groups in total. The highest BCUT2D eigenvalue weighted by Crippen LogP contribution is 2.36. The van der Waals surface area contributed by atoms with Crippen LogP contribution in [0.25, 0.3) is 0 Å². The topological polar surface area (TPSA) is 66.5 Å². The van der Waals surface area contributed by atoms with Crippen molar-refractivity contribution in [3.05, 3.63) is 28.8 Å². The maximum absolute atomic E-state index is 13.1. The van der Waals surface area contributed by atoms with Gasteiger partial charge in [0.1, 0.15) is 0 Å². The van der Waals surface area contributed by atoms with E-state index in [1.54, 1.807) is 0 Å². The maximum atomic E-state index is 13.1. The normalized spacial score (nSPS) is 19.2. The fraction of sp³-hybridized carbons (Fsp3) is 0.588. The van der Waals surface area contributed by atoms with Gasteiger partial charge in [-0.05, 0) is 50.9 Å². The van der Waals surface area contributed by atoms with E-state index in [1.165, 1.54) is 31.7 Å². The molecule has 2 fully saturated rings. The Kier molecular flexibility index (Phi) is 5.18. The van der Waals surface area contributed by atoms with E-state index < -0.39 is 10.0 Å². The van der Waals surface area contributed by atoms with Gasteiger partial charge in [-0.3, -0.25) is 4.79 Å². The molecule has 0 aliphatic heterocycles. The molecule has 0 aromatic heterocycles. The lowest BCUT2D eigenvalue weighted by molar-refractivity contribution is 0.0614. The Morgan fingerprint density at radius 2 is 1.75 bits per heavy atom. The molecule has 0 spiro atoms. The smallest absolute Gasteiger partial charge is 0.255 e. The van der Waals surface area contributed by atoms with Gasteiger partial charge in [-0.25, -0.2) is 13.1 Å². The molecule has 3 rings (SSSR count). The van der Waals surface area contributed by atoms with Gasteiger partial charge in [0.25, 0.3) is 5.91 Å². The van der Waals surface area contributed by atoms with Crippen molar-refractivity contribution in [2.24, 2.45) is 0 Å². The first-order chi connectivity index (χ1) is 11.4. The fourth-order valence-corrected chi connectivity index (χ4v) is 4.39. The van der Waals surface area contributed by atoms with Crippen LogP contribution in [0, 0.1) is 0 Å². The van der Waals surface area contributed by atoms with Gasteiger partial charge >= 0.3 is 0 Å². The lowest BCUT2D eigenvalue weighted by Gasteiger charge is -2.35. The Bertz CT molecular complexity index is 725. The van der Waals surface area contributed by atoms with Gasteiger partial charge in [0.05, 0.1) is 15.5 Å². The van der Waals surface area contributed by atoms with Crippen molar-refractivity contribution in [3.63, 3.8) is 0 Å². The van der Waals surface area contributed by atoms with Crippen molar-refractivity contribution in [3.8, 4) is 0 Å². The molecule has 0 unspecified atom stereocenters. The number of carbonyl (C=O) groups excluding carboxylic acids is 1. The molecule has 7 heteroatoms. The summed E-state index contributed by atoms with van der Waals surface area (Å²) in [5.41, 5.74) is 0.283. The van der Waals surface area contributed by atoms with Gasteiger partial charge in [0.15, 0.2) is 0 Å². The fourth-order valence-electron chi connectivity index (χ4n) is 3.43. The Balaban J connectivity index is 1.93. The minimum absolute atomic E-state index is 0.0668. The van der Waals surface area contributed by atoms with Crippen molar-refractivity contribution in [1.29, 1.82) is 0 Å². The summed E-state index contributed by atoms with van der Waals surface area (Å²) >= 11 is 6.23. The van der Waals surface area contributed by atoms with Crippen LogP contribution in [0.1, 0.15) is 55.3 Å². The first-order valence-corrected chi connectivity index (χ1v) is 10.4. The molecule has 1 aromatic rings. The van der Waals surface area contributed by atoms with Crippen molar-refractivity contribution >= 4 is 27.5 Å². The number of benzene rings is 1. The molecule has 1 aromatic carbocycles. The third-order valence-corrected chi connectivity index (χ3v) is 6.63. The number of amides is 1. The highest BCUT2D eigenvalue weighted by Gasteiger charge is 2.38. The lowest BCUT2D eigenvalue weighted by Crippen LogP contribution is -2.43. The Hall–Kier alpha value is -1.11. The quantitative estimate of drug-likeness (QED) is 0.865. The van der Waals surface area contributed by atoms with Crippen LogP contribution in [0.5, 0.6) is 0 Å². The number of sulfonamides is 1. The van der Waals surface area contributed by atoms with Gasteiger partial charge in [-0.2, -0.15) is 0 Å². The predicted molar refractivity (Wildman–Crippen MR) is 93.8 cm³/mol. The van der Waals surface area contributed by atoms with Gasteiger partial charge in [0, 0.05) is 12.1 Å². The van der Waals surface area contributed by atoms with Gasteiger partial charge in [-0.1, -0.05) is 30.9 Å². The zero-order valence-electron chi connectivity index (χ0n) is 13.8. The van der Waals surface area contributed by atoms with Crippen LogP contribution in [0.3, 0.4) is 0 Å². The zero-order chi connectivity index (χ0) is 17.3. The number of nitrogens with zero attached hydrogens (tertiary/aromatic N) is 1. The molecule has 132 valence electrons. The van der Waals surface area contributed by atoms with Crippen LogP contribution in [0.4, 0.5) is 0 Å². The summed E-state index contributed by atoms with van der Waals surface area (Å²) in [5.74, 6) is -0.137. The van der Waals surface area contributed by atoms with Crippen molar-refractivity contribution in [1.82, 2.24) is 9.62 Å². The van der Waals surface area contributed by atoms with Crippen LogP contribution in [-0.2, 0) is 10.0 Å². The Morgan fingerprint density at radius 3 is 2.33 bits per heavy atom. The Morgan fingerprint density at radius 1 is 1.12 bits per heavy atom. The molecule has 2 aliphatic rings. The van der Waals surface area contributed by atoms with Crippen molar-refractivity contribution in [2.45, 2.75) is 61.9 Å². The zero-order valence-corrected chi connectivity index (χ0v) is 15.4. The minimum atomic E-state index is -3.61. The summed E-state index contributed by atoms with van der Waals surface area (Å²) in [6, 6.07) is 4.84. The van der Waals surface area contributed by atoms with Gasteiger partial charge < -0.3 is 4.90 Å². The van der Waals surface area contributed by atoms with Gasteiger partial charge in [-0.15, -0.1) is 0 Å². The molecule has 5 nitrogen and oxygen atoms in total. The molecule has 0 radical (unpaired) electrons. The van der Waals surface area contributed by atoms with E-state index in [0.717, 1.165) is 38.5 Å². The molecule has 0 heterocycles. The molecule has 24 heavy (non-hydrogen) atoms. The Labute approximate surface area is 148 Å². The van der Waals surface area contributed by atoms with E-state index in [4.69, 9.17) is 11.6 Å². The molecular weight excluding hydrogens is 348 g/mol. The number of hydrogen-bond donors (Lipinski definition) is 1. The summed E-state index contributed by atoms with van der Waals surface area (Å²) in [6.07, 6.45) is 7.59. The van der Waals surface area contributed by atoms with E-state index in [-0.39, 0.29) is 28.4 Å². The molecular formula is C17H23ClN2O3S. The first kappa shape index (κ1) is 17.7. The van der Waals surface area contributed by atoms with E-state index in [2.05, 4.69) is 4.72 Å². The van der Waals surface area contributed by atoms with E-state index in [1.807, 2.05) is 4.90 Å². The summed E-state index contributed by atoms with van der Waals surface area (Å²) in [5, 5.41) is 0.302. The number of rotatable bonds is 5. The third kappa shape index (κ3) is 3.60. The van der Waals surface area contributed by atoms with Crippen LogP contribution in [0.15, 0.2) is 23.1 Å². The SMILES string of the molecule is CNS(=O)(=O)c1ccc(Cl)c(C(=O)N(C2CCCCC2)C2CC2)c1. The molecule has 2 aliphatic carbocycles. The van der Waals surface area contributed by atoms with Crippen LogP contribution < -0.4 is 4.72 Å². The van der Waals surface area contributed by atoms with E-state index in [0.29, 0.717) is 5.02 Å². The van der Waals surface area contributed by atoms with Crippen LogP contribution in [-0.4, -0.2) is 38.4 Å². The van der Waals surface area contributed by atoms with E-state index in [9.17, 15) is 13.2 Å². The second-order valence-electron chi connectivity index (χ2n) is 6.58. The minimum Gasteiger partial charge on any atom is -0.333 e. The van der Waals surface area contributed by atoms with Crippen LogP contribution >= 0.6 is 11.6 Å². The number of halogens is 1. The van der Waals surface area contributed by atoms with Crippen molar-refractivity contribution in [2.75, 3.05) is 7.05 Å². The average Bonchev–Trinajstić information content (AvgIpc) is 3.41. The number of carbonyl (C=O) groups is 1. The van der Waals surface area contributed by atoms with Crippen molar-refractivity contribution < 1.29 is 13.2 Å². The molecule has 0 saturated heterocycles. The first-order valence-electron chi connectivity index (χ1n) is 8.50. The second kappa shape index (κ2) is 7.02. The molecule has 0 atom stereocenters. The molecule has 2 saturated carbocycles. The summed E-state index contributed by atoms with van der Waals surface area (Å²) in [7, 11) is -2.25. The number of nitrogens with one attached hydrogen (secondary N) is 1. The van der Waals surface area contributed by atoms with Gasteiger partial charge in [0.2, 0.25) is 10.0 Å². The maximum Gasteiger partial charge on any atom is 0.255 e. The lowest BCUT2D eigenvalue weighted by atomic mass is 9.93. The number of hydrogen-bond acceptors (Lipinski definition) is 3. The highest BCUT2D eigenvalue weighted by atomic mass is 35.5. The largest absolute Gasteiger partial charge is 0.333 e. The standard InChI is InChI=1S/C17H23ClN2O3S/c1-19-24(22,23)14-9-10-16(18)15(11-14)17(21)20(13-7-8-13)12-5-3-2-4-6-12/h9-13,19H,2-8H2,1H3.